The maximum absolute atomic E-state index is 12.4. The molecule has 0 aliphatic heterocycles. The van der Waals surface area contributed by atoms with E-state index in [1.807, 2.05) is 18.2 Å². The highest BCUT2D eigenvalue weighted by Gasteiger charge is 2.13. The normalized spacial score (nSPS) is 11.1. The molecule has 0 spiro atoms. The van der Waals surface area contributed by atoms with Gasteiger partial charge in [0.05, 0.1) is 7.11 Å². The Balaban J connectivity index is 2.14. The van der Waals surface area contributed by atoms with Crippen LogP contribution < -0.4 is 14.8 Å². The van der Waals surface area contributed by atoms with Crippen molar-refractivity contribution in [2.45, 2.75) is 32.8 Å². The number of carbonyl (C=O) groups excluding carboxylic acids is 1. The molecule has 152 valence electrons. The molecule has 7 heteroatoms. The van der Waals surface area contributed by atoms with Gasteiger partial charge < -0.3 is 14.8 Å². The second-order valence-corrected chi connectivity index (χ2v) is 6.21. The minimum Gasteiger partial charge on any atom is -0.493 e. The standard InChI is InChI=1S/C22H22F2N2O3/c1-3-4-5-15-6-9-18(10-7-15)26-21(27)17(14-25)12-16-8-11-19(29-22(23)24)20(13-16)28-2/h6-13,22H,3-5H2,1-2H3,(H,26,27). The smallest absolute Gasteiger partial charge is 0.387 e. The van der Waals surface area contributed by atoms with Crippen LogP contribution in [-0.4, -0.2) is 19.6 Å². The zero-order chi connectivity index (χ0) is 21.2. The van der Waals surface area contributed by atoms with Gasteiger partial charge in [0.2, 0.25) is 0 Å². The summed E-state index contributed by atoms with van der Waals surface area (Å²) < 4.78 is 34.2. The van der Waals surface area contributed by atoms with Crippen LogP contribution >= 0.6 is 0 Å². The van der Waals surface area contributed by atoms with Crippen molar-refractivity contribution in [3.8, 4) is 17.6 Å². The van der Waals surface area contributed by atoms with Gasteiger partial charge in [0.1, 0.15) is 11.6 Å². The summed E-state index contributed by atoms with van der Waals surface area (Å²) in [5.41, 5.74) is 2.06. The average Bonchev–Trinajstić information content (AvgIpc) is 2.71. The largest absolute Gasteiger partial charge is 0.493 e. The van der Waals surface area contributed by atoms with E-state index in [2.05, 4.69) is 17.0 Å². The number of hydrogen-bond donors (Lipinski definition) is 1. The summed E-state index contributed by atoms with van der Waals surface area (Å²) in [6, 6.07) is 13.5. The van der Waals surface area contributed by atoms with E-state index in [1.165, 1.54) is 36.9 Å². The zero-order valence-corrected chi connectivity index (χ0v) is 16.2. The monoisotopic (exact) mass is 400 g/mol. The number of benzene rings is 2. The maximum Gasteiger partial charge on any atom is 0.387 e. The molecule has 0 radical (unpaired) electrons. The Morgan fingerprint density at radius 2 is 1.93 bits per heavy atom. The van der Waals surface area contributed by atoms with E-state index in [4.69, 9.17) is 4.74 Å². The summed E-state index contributed by atoms with van der Waals surface area (Å²) in [6.07, 6.45) is 4.52. The zero-order valence-electron chi connectivity index (χ0n) is 16.2. The number of nitriles is 1. The molecule has 2 rings (SSSR count). The topological polar surface area (TPSA) is 71.4 Å². The number of carbonyl (C=O) groups is 1. The molecule has 0 atom stereocenters. The number of amides is 1. The number of rotatable bonds is 9. The molecule has 0 aliphatic rings. The molecule has 2 aromatic carbocycles. The van der Waals surface area contributed by atoms with Crippen LogP contribution in [0.1, 0.15) is 30.9 Å². The lowest BCUT2D eigenvalue weighted by Crippen LogP contribution is -2.13. The molecular formula is C22H22F2N2O3. The summed E-state index contributed by atoms with van der Waals surface area (Å²) >= 11 is 0. The molecule has 0 bridgehead atoms. The van der Waals surface area contributed by atoms with E-state index in [0.717, 1.165) is 19.3 Å². The SMILES string of the molecule is CCCCc1ccc(NC(=O)C(C#N)=Cc2ccc(OC(F)F)c(OC)c2)cc1. The van der Waals surface area contributed by atoms with Crippen molar-refractivity contribution in [2.24, 2.45) is 0 Å². The lowest BCUT2D eigenvalue weighted by Gasteiger charge is -2.10. The number of halogens is 2. The van der Waals surface area contributed by atoms with E-state index in [1.54, 1.807) is 12.1 Å². The number of alkyl halides is 2. The molecule has 0 fully saturated rings. The molecule has 0 saturated heterocycles. The van der Waals surface area contributed by atoms with E-state index in [9.17, 15) is 18.8 Å². The van der Waals surface area contributed by atoms with Crippen LogP contribution in [0.4, 0.5) is 14.5 Å². The molecule has 0 unspecified atom stereocenters. The minimum absolute atomic E-state index is 0.0689. The Hall–Kier alpha value is -3.40. The van der Waals surface area contributed by atoms with Crippen molar-refractivity contribution in [1.29, 1.82) is 5.26 Å². The Labute approximate surface area is 168 Å². The number of aryl methyl sites for hydroxylation is 1. The molecule has 1 N–H and O–H groups in total. The highest BCUT2D eigenvalue weighted by molar-refractivity contribution is 6.09. The summed E-state index contributed by atoms with van der Waals surface area (Å²) in [4.78, 5) is 12.4. The highest BCUT2D eigenvalue weighted by Crippen LogP contribution is 2.30. The summed E-state index contributed by atoms with van der Waals surface area (Å²) in [6.45, 7) is -0.863. The number of anilines is 1. The third-order valence-corrected chi connectivity index (χ3v) is 4.11. The average molecular weight is 400 g/mol. The summed E-state index contributed by atoms with van der Waals surface area (Å²) in [5.74, 6) is -0.633. The third kappa shape index (κ3) is 6.61. The second kappa shape index (κ2) is 10.8. The number of nitrogens with one attached hydrogen (secondary N) is 1. The van der Waals surface area contributed by atoms with Gasteiger partial charge in [0.15, 0.2) is 11.5 Å². The molecular weight excluding hydrogens is 378 g/mol. The molecule has 0 aliphatic carbocycles. The van der Waals surface area contributed by atoms with Crippen LogP contribution in [0.25, 0.3) is 6.08 Å². The van der Waals surface area contributed by atoms with Crippen molar-refractivity contribution in [3.63, 3.8) is 0 Å². The number of hydrogen-bond acceptors (Lipinski definition) is 4. The van der Waals surface area contributed by atoms with Crippen LogP contribution in [0.3, 0.4) is 0 Å². The second-order valence-electron chi connectivity index (χ2n) is 6.21. The van der Waals surface area contributed by atoms with Gasteiger partial charge in [-0.25, -0.2) is 0 Å². The van der Waals surface area contributed by atoms with Gasteiger partial charge in [-0.1, -0.05) is 31.5 Å². The highest BCUT2D eigenvalue weighted by atomic mass is 19.3. The van der Waals surface area contributed by atoms with Gasteiger partial charge in [0.25, 0.3) is 5.91 Å². The molecule has 29 heavy (non-hydrogen) atoms. The van der Waals surface area contributed by atoms with Crippen LogP contribution in [0, 0.1) is 11.3 Å². The Morgan fingerprint density at radius 1 is 1.21 bits per heavy atom. The molecule has 5 nitrogen and oxygen atoms in total. The number of unbranched alkanes of at least 4 members (excludes halogenated alkanes) is 1. The first kappa shape index (κ1) is 21.9. The van der Waals surface area contributed by atoms with Crippen LogP contribution in [0.5, 0.6) is 11.5 Å². The van der Waals surface area contributed by atoms with Gasteiger partial charge in [0, 0.05) is 5.69 Å². The Morgan fingerprint density at radius 3 is 2.52 bits per heavy atom. The van der Waals surface area contributed by atoms with Gasteiger partial charge >= 0.3 is 6.61 Å². The van der Waals surface area contributed by atoms with Crippen molar-refractivity contribution < 1.29 is 23.0 Å². The van der Waals surface area contributed by atoms with Gasteiger partial charge in [-0.15, -0.1) is 0 Å². The quantitative estimate of drug-likeness (QED) is 0.465. The van der Waals surface area contributed by atoms with Gasteiger partial charge in [-0.3, -0.25) is 4.79 Å². The third-order valence-electron chi connectivity index (χ3n) is 4.11. The van der Waals surface area contributed by atoms with E-state index >= 15 is 0 Å². The molecule has 0 saturated carbocycles. The van der Waals surface area contributed by atoms with Crippen LogP contribution in [0.15, 0.2) is 48.0 Å². The lowest BCUT2D eigenvalue weighted by atomic mass is 10.1. The fraction of sp³-hybridized carbons (Fsp3) is 0.273. The fourth-order valence-corrected chi connectivity index (χ4v) is 2.62. The first-order chi connectivity index (χ1) is 14.0. The number of methoxy groups -OCH3 is 1. The van der Waals surface area contributed by atoms with E-state index < -0.39 is 12.5 Å². The number of nitrogens with zero attached hydrogens (tertiary/aromatic N) is 1. The van der Waals surface area contributed by atoms with Crippen molar-refractivity contribution in [3.05, 3.63) is 59.2 Å². The molecule has 2 aromatic rings. The predicted octanol–water partition coefficient (Wildman–Crippen LogP) is 5.18. The van der Waals surface area contributed by atoms with E-state index in [-0.39, 0.29) is 17.1 Å². The number of ether oxygens (including phenoxy) is 2. The Kier molecular flexibility index (Phi) is 8.16. The maximum atomic E-state index is 12.4. The minimum atomic E-state index is -2.99. The predicted molar refractivity (Wildman–Crippen MR) is 107 cm³/mol. The van der Waals surface area contributed by atoms with Gasteiger partial charge in [-0.2, -0.15) is 14.0 Å². The molecule has 0 heterocycles. The van der Waals surface area contributed by atoms with E-state index in [0.29, 0.717) is 11.3 Å². The summed E-state index contributed by atoms with van der Waals surface area (Å²) in [5, 5.41) is 12.0. The summed E-state index contributed by atoms with van der Waals surface area (Å²) in [7, 11) is 1.31. The molecule has 0 aromatic heterocycles. The lowest BCUT2D eigenvalue weighted by molar-refractivity contribution is -0.112. The van der Waals surface area contributed by atoms with Crippen LogP contribution in [-0.2, 0) is 11.2 Å². The van der Waals surface area contributed by atoms with Crippen LogP contribution in [0.2, 0.25) is 0 Å². The molecule has 1 amide bonds. The van der Waals surface area contributed by atoms with Crippen molar-refractivity contribution in [2.75, 3.05) is 12.4 Å². The fourth-order valence-electron chi connectivity index (χ4n) is 2.62. The first-order valence-corrected chi connectivity index (χ1v) is 9.11. The van der Waals surface area contributed by atoms with Crippen molar-refractivity contribution in [1.82, 2.24) is 0 Å². The first-order valence-electron chi connectivity index (χ1n) is 9.11. The van der Waals surface area contributed by atoms with Crippen molar-refractivity contribution >= 4 is 17.7 Å². The van der Waals surface area contributed by atoms with Gasteiger partial charge in [-0.05, 0) is 54.3 Å². The Bertz CT molecular complexity index is 903.